The van der Waals surface area contributed by atoms with Crippen molar-refractivity contribution in [3.8, 4) is 0 Å². The van der Waals surface area contributed by atoms with Crippen LogP contribution in [0, 0.1) is 0 Å². The summed E-state index contributed by atoms with van der Waals surface area (Å²) in [7, 11) is 0. The lowest BCUT2D eigenvalue weighted by Gasteiger charge is -2.37. The molecule has 1 amide bonds. The highest BCUT2D eigenvalue weighted by molar-refractivity contribution is 7.99. The van der Waals surface area contributed by atoms with Gasteiger partial charge in [0.15, 0.2) is 0 Å². The number of piperidine rings is 1. The Bertz CT molecular complexity index is 491. The summed E-state index contributed by atoms with van der Waals surface area (Å²) in [5, 5.41) is 0. The van der Waals surface area contributed by atoms with Crippen molar-refractivity contribution in [1.29, 1.82) is 0 Å². The Morgan fingerprint density at radius 2 is 2.21 bits per heavy atom. The van der Waals surface area contributed by atoms with Gasteiger partial charge >= 0.3 is 0 Å². The molecule has 1 saturated heterocycles. The molecule has 2 aliphatic rings. The number of amides is 1. The van der Waals surface area contributed by atoms with Gasteiger partial charge in [0, 0.05) is 29.3 Å². The van der Waals surface area contributed by atoms with Crippen LogP contribution in [0.4, 0.5) is 0 Å². The second-order valence-corrected chi connectivity index (χ2v) is 6.63. The molecule has 0 unspecified atom stereocenters. The van der Waals surface area contributed by atoms with E-state index in [1.54, 1.807) is 11.8 Å². The van der Waals surface area contributed by atoms with Crippen LogP contribution in [-0.4, -0.2) is 35.2 Å². The Balaban J connectivity index is 1.78. The second kappa shape index (κ2) is 5.17. The lowest BCUT2D eigenvalue weighted by atomic mass is 9.94. The number of rotatable bonds is 1. The summed E-state index contributed by atoms with van der Waals surface area (Å²) in [6.07, 6.45) is 1.85. The zero-order chi connectivity index (χ0) is 13.4. The molecule has 19 heavy (non-hydrogen) atoms. The Hall–Kier alpha value is -1.00. The lowest BCUT2D eigenvalue weighted by Crippen LogP contribution is -2.49. The highest BCUT2D eigenvalue weighted by Crippen LogP contribution is 2.40. The maximum atomic E-state index is 12.8. The van der Waals surface area contributed by atoms with Gasteiger partial charge in [-0.25, -0.2) is 0 Å². The molecule has 0 spiro atoms. The summed E-state index contributed by atoms with van der Waals surface area (Å²) in [6.45, 7) is 2.93. The van der Waals surface area contributed by atoms with Crippen LogP contribution in [0.2, 0.25) is 0 Å². The first-order valence-corrected chi connectivity index (χ1v) is 7.93. The van der Waals surface area contributed by atoms with Crippen molar-refractivity contribution in [3.63, 3.8) is 0 Å². The van der Waals surface area contributed by atoms with Gasteiger partial charge in [-0.1, -0.05) is 18.2 Å². The zero-order valence-electron chi connectivity index (χ0n) is 11.2. The third kappa shape index (κ3) is 2.39. The van der Waals surface area contributed by atoms with Crippen LogP contribution in [-0.2, 0) is 4.79 Å². The number of nitrogens with two attached hydrogens (primary N) is 1. The van der Waals surface area contributed by atoms with Gasteiger partial charge in [-0.3, -0.25) is 4.79 Å². The van der Waals surface area contributed by atoms with E-state index in [1.165, 1.54) is 10.5 Å². The van der Waals surface area contributed by atoms with Crippen LogP contribution in [0.5, 0.6) is 0 Å². The quantitative estimate of drug-likeness (QED) is 0.855. The van der Waals surface area contributed by atoms with E-state index in [4.69, 9.17) is 5.73 Å². The molecule has 2 N–H and O–H groups in total. The molecule has 1 aromatic rings. The first kappa shape index (κ1) is 13.0. The Labute approximate surface area is 118 Å². The lowest BCUT2D eigenvalue weighted by molar-refractivity contribution is -0.135. The SMILES string of the molecule is C[C@@H]1C[C@@H](N)CCN1C(=O)[C@@H]1CSc2ccccc21. The number of nitrogens with zero attached hydrogens (tertiary/aromatic N) is 1. The number of carbonyl (C=O) groups is 1. The topological polar surface area (TPSA) is 46.3 Å². The fourth-order valence-electron chi connectivity index (χ4n) is 3.10. The van der Waals surface area contributed by atoms with Crippen LogP contribution in [0.25, 0.3) is 0 Å². The molecule has 0 saturated carbocycles. The molecule has 1 fully saturated rings. The van der Waals surface area contributed by atoms with E-state index in [9.17, 15) is 4.79 Å². The first-order valence-electron chi connectivity index (χ1n) is 6.94. The summed E-state index contributed by atoms with van der Waals surface area (Å²) < 4.78 is 0. The third-order valence-corrected chi connectivity index (χ3v) is 5.38. The summed E-state index contributed by atoms with van der Waals surface area (Å²) in [5.74, 6) is 1.21. The van der Waals surface area contributed by atoms with Gasteiger partial charge in [0.2, 0.25) is 5.91 Å². The summed E-state index contributed by atoms with van der Waals surface area (Å²) in [4.78, 5) is 16.1. The van der Waals surface area contributed by atoms with E-state index in [1.807, 2.05) is 17.0 Å². The van der Waals surface area contributed by atoms with E-state index in [-0.39, 0.29) is 23.9 Å². The molecule has 0 bridgehead atoms. The maximum absolute atomic E-state index is 12.8. The predicted molar refractivity (Wildman–Crippen MR) is 78.3 cm³/mol. The van der Waals surface area contributed by atoms with Crippen LogP contribution in [0.15, 0.2) is 29.2 Å². The number of benzene rings is 1. The average Bonchev–Trinajstić information content (AvgIpc) is 2.82. The molecule has 0 radical (unpaired) electrons. The largest absolute Gasteiger partial charge is 0.339 e. The number of thioether (sulfide) groups is 1. The normalized spacial score (nSPS) is 30.2. The van der Waals surface area contributed by atoms with E-state index in [0.717, 1.165) is 25.1 Å². The average molecular weight is 276 g/mol. The summed E-state index contributed by atoms with van der Waals surface area (Å²) in [6, 6.07) is 8.81. The Morgan fingerprint density at radius 1 is 1.42 bits per heavy atom. The number of likely N-dealkylation sites (tertiary alicyclic amines) is 1. The van der Waals surface area contributed by atoms with Gasteiger partial charge in [-0.05, 0) is 31.4 Å². The fraction of sp³-hybridized carbons (Fsp3) is 0.533. The van der Waals surface area contributed by atoms with Crippen molar-refractivity contribution >= 4 is 17.7 Å². The van der Waals surface area contributed by atoms with Gasteiger partial charge in [0.1, 0.15) is 0 Å². The molecule has 0 aromatic heterocycles. The van der Waals surface area contributed by atoms with E-state index >= 15 is 0 Å². The van der Waals surface area contributed by atoms with Gasteiger partial charge < -0.3 is 10.6 Å². The molecule has 3 rings (SSSR count). The second-order valence-electron chi connectivity index (χ2n) is 5.57. The summed E-state index contributed by atoms with van der Waals surface area (Å²) >= 11 is 1.80. The Kier molecular flexibility index (Phi) is 3.54. The standard InChI is InChI=1S/C15H20N2OS/c1-10-8-11(16)6-7-17(10)15(18)13-9-19-14-5-3-2-4-12(13)14/h2-5,10-11,13H,6-9,16H2,1H3/t10-,11+,13-/m1/s1. The molecular formula is C15H20N2OS. The number of hydrogen-bond acceptors (Lipinski definition) is 3. The highest BCUT2D eigenvalue weighted by Gasteiger charge is 2.35. The fourth-order valence-corrected chi connectivity index (χ4v) is 4.32. The van der Waals surface area contributed by atoms with E-state index < -0.39 is 0 Å². The number of hydrogen-bond donors (Lipinski definition) is 1. The highest BCUT2D eigenvalue weighted by atomic mass is 32.2. The number of carbonyl (C=O) groups excluding carboxylic acids is 1. The van der Waals surface area contributed by atoms with Gasteiger partial charge in [-0.2, -0.15) is 0 Å². The molecule has 2 heterocycles. The molecule has 3 nitrogen and oxygen atoms in total. The summed E-state index contributed by atoms with van der Waals surface area (Å²) in [5.41, 5.74) is 7.18. The van der Waals surface area contributed by atoms with Gasteiger partial charge in [0.25, 0.3) is 0 Å². The Morgan fingerprint density at radius 3 is 3.00 bits per heavy atom. The zero-order valence-corrected chi connectivity index (χ0v) is 12.0. The van der Waals surface area contributed by atoms with Crippen molar-refractivity contribution in [2.75, 3.05) is 12.3 Å². The first-order chi connectivity index (χ1) is 9.16. The minimum absolute atomic E-state index is 0.0398. The molecule has 2 aliphatic heterocycles. The molecule has 0 aliphatic carbocycles. The van der Waals surface area contributed by atoms with Crippen LogP contribution in [0.3, 0.4) is 0 Å². The molecule has 3 atom stereocenters. The molecule has 102 valence electrons. The van der Waals surface area contributed by atoms with Crippen molar-refractivity contribution in [3.05, 3.63) is 29.8 Å². The number of fused-ring (bicyclic) bond motifs is 1. The minimum Gasteiger partial charge on any atom is -0.339 e. The van der Waals surface area contributed by atoms with Crippen molar-refractivity contribution in [2.24, 2.45) is 5.73 Å². The van der Waals surface area contributed by atoms with Crippen molar-refractivity contribution in [2.45, 2.75) is 42.7 Å². The van der Waals surface area contributed by atoms with Crippen LogP contribution < -0.4 is 5.73 Å². The molecule has 1 aromatic carbocycles. The smallest absolute Gasteiger partial charge is 0.231 e. The monoisotopic (exact) mass is 276 g/mol. The minimum atomic E-state index is 0.0398. The van der Waals surface area contributed by atoms with Gasteiger partial charge in [-0.15, -0.1) is 11.8 Å². The van der Waals surface area contributed by atoms with Gasteiger partial charge in [0.05, 0.1) is 5.92 Å². The molecule has 4 heteroatoms. The maximum Gasteiger partial charge on any atom is 0.231 e. The van der Waals surface area contributed by atoms with Crippen LogP contribution >= 0.6 is 11.8 Å². The van der Waals surface area contributed by atoms with Crippen LogP contribution in [0.1, 0.15) is 31.2 Å². The van der Waals surface area contributed by atoms with E-state index in [2.05, 4.69) is 19.1 Å². The molecular weight excluding hydrogens is 256 g/mol. The van der Waals surface area contributed by atoms with E-state index in [0.29, 0.717) is 0 Å². The predicted octanol–water partition coefficient (Wildman–Crippen LogP) is 2.21. The van der Waals surface area contributed by atoms with Crippen molar-refractivity contribution in [1.82, 2.24) is 4.90 Å². The third-order valence-electron chi connectivity index (χ3n) is 4.20. The van der Waals surface area contributed by atoms with Crippen molar-refractivity contribution < 1.29 is 4.79 Å².